The summed E-state index contributed by atoms with van der Waals surface area (Å²) in [4.78, 5) is 6.12. The van der Waals surface area contributed by atoms with E-state index in [1.54, 1.807) is 0 Å². The Labute approximate surface area is 160 Å². The first-order valence-electron chi connectivity index (χ1n) is 10.00. The van der Waals surface area contributed by atoms with E-state index in [1.165, 1.54) is 38.4 Å². The van der Waals surface area contributed by atoms with Crippen molar-refractivity contribution >= 4 is 38.4 Å². The van der Waals surface area contributed by atoms with Gasteiger partial charge in [-0.3, -0.25) is 0 Å². The Morgan fingerprint density at radius 1 is 1.00 bits per heavy atom. The number of benzene rings is 2. The van der Waals surface area contributed by atoms with Crippen LogP contribution in [-0.2, 0) is 7.05 Å². The Balaban J connectivity index is 1.61. The number of hydrogen-bond donors (Lipinski definition) is 2. The molecular formula is C23H29N4+. The Morgan fingerprint density at radius 3 is 2.63 bits per heavy atom. The van der Waals surface area contributed by atoms with Crippen molar-refractivity contribution in [2.24, 2.45) is 7.05 Å². The van der Waals surface area contributed by atoms with Gasteiger partial charge in [-0.05, 0) is 50.3 Å². The predicted molar refractivity (Wildman–Crippen MR) is 115 cm³/mol. The van der Waals surface area contributed by atoms with Crippen LogP contribution >= 0.6 is 0 Å². The minimum atomic E-state index is 1.00. The molecule has 4 nitrogen and oxygen atoms in total. The number of fused-ring (bicyclic) bond motifs is 5. The number of hydrogen-bond acceptors (Lipinski definition) is 2. The molecule has 0 saturated heterocycles. The molecule has 4 rings (SSSR count). The zero-order chi connectivity index (χ0) is 18.8. The van der Waals surface area contributed by atoms with Gasteiger partial charge in [-0.15, -0.1) is 0 Å². The Morgan fingerprint density at radius 2 is 1.81 bits per heavy atom. The van der Waals surface area contributed by atoms with Crippen LogP contribution in [0, 0.1) is 0 Å². The van der Waals surface area contributed by atoms with Crippen LogP contribution in [0.5, 0.6) is 0 Å². The number of rotatable bonds is 7. The molecule has 2 aromatic heterocycles. The van der Waals surface area contributed by atoms with Gasteiger partial charge >= 0.3 is 0 Å². The molecule has 0 saturated carbocycles. The number of nitrogens with zero attached hydrogens (tertiary/aromatic N) is 2. The maximum absolute atomic E-state index is 3.65. The first kappa shape index (κ1) is 17.8. The summed E-state index contributed by atoms with van der Waals surface area (Å²) in [5.74, 6) is 0. The fourth-order valence-electron chi connectivity index (χ4n) is 4.01. The molecule has 0 aliphatic rings. The van der Waals surface area contributed by atoms with Crippen LogP contribution in [-0.4, -0.2) is 36.1 Å². The molecule has 0 aliphatic heterocycles. The van der Waals surface area contributed by atoms with Gasteiger partial charge in [0.1, 0.15) is 7.05 Å². The van der Waals surface area contributed by atoms with E-state index in [-0.39, 0.29) is 0 Å². The first-order valence-corrected chi connectivity index (χ1v) is 10.00. The normalized spacial score (nSPS) is 11.9. The summed E-state index contributed by atoms with van der Waals surface area (Å²) in [5, 5.41) is 7.40. The van der Waals surface area contributed by atoms with Gasteiger partial charge in [0.05, 0.1) is 16.3 Å². The van der Waals surface area contributed by atoms with E-state index in [2.05, 4.69) is 89.3 Å². The summed E-state index contributed by atoms with van der Waals surface area (Å²) >= 11 is 0. The van der Waals surface area contributed by atoms with Crippen molar-refractivity contribution in [2.45, 2.75) is 20.3 Å². The number of aromatic amines is 1. The highest BCUT2D eigenvalue weighted by Gasteiger charge is 2.14. The van der Waals surface area contributed by atoms with E-state index in [4.69, 9.17) is 0 Å². The maximum atomic E-state index is 3.65. The molecule has 0 fully saturated rings. The van der Waals surface area contributed by atoms with Gasteiger partial charge in [0.15, 0.2) is 6.20 Å². The van der Waals surface area contributed by atoms with Gasteiger partial charge in [0.25, 0.3) is 0 Å². The van der Waals surface area contributed by atoms with Crippen molar-refractivity contribution in [3.05, 3.63) is 48.7 Å². The van der Waals surface area contributed by atoms with E-state index >= 15 is 0 Å². The topological polar surface area (TPSA) is 34.9 Å². The van der Waals surface area contributed by atoms with E-state index < -0.39 is 0 Å². The van der Waals surface area contributed by atoms with Gasteiger partial charge in [0, 0.05) is 29.2 Å². The van der Waals surface area contributed by atoms with Crippen LogP contribution in [0.25, 0.3) is 32.7 Å². The smallest absolute Gasteiger partial charge is 0.214 e. The third-order valence-corrected chi connectivity index (χ3v) is 5.59. The lowest BCUT2D eigenvalue weighted by atomic mass is 10.1. The molecule has 0 radical (unpaired) electrons. The van der Waals surface area contributed by atoms with E-state index in [0.29, 0.717) is 0 Å². The number of anilines is 1. The van der Waals surface area contributed by atoms with E-state index in [1.807, 2.05) is 0 Å². The standard InChI is InChI=1S/C23H28N4/c1-4-27(5-2)14-8-13-24-17-11-12-18-20-16-26(3)22-10-7-6-9-19(22)23(20)25-21(18)15-17/h6-7,9-12,15-16,24H,4-5,8,13-14H2,1-3H3/p+1. The average Bonchev–Trinajstić information content (AvgIpc) is 3.06. The fraction of sp³-hybridized carbons (Fsp3) is 0.348. The Kier molecular flexibility index (Phi) is 4.99. The van der Waals surface area contributed by atoms with Crippen molar-refractivity contribution in [1.82, 2.24) is 9.88 Å². The molecule has 0 aliphatic carbocycles. The minimum Gasteiger partial charge on any atom is -0.385 e. The summed E-state index contributed by atoms with van der Waals surface area (Å²) in [6, 6.07) is 15.2. The van der Waals surface area contributed by atoms with Gasteiger partial charge in [0.2, 0.25) is 5.52 Å². The molecule has 2 aromatic carbocycles. The van der Waals surface area contributed by atoms with Crippen molar-refractivity contribution in [1.29, 1.82) is 0 Å². The summed E-state index contributed by atoms with van der Waals surface area (Å²) in [5.41, 5.74) is 4.83. The molecule has 2 N–H and O–H groups in total. The van der Waals surface area contributed by atoms with E-state index in [0.717, 1.165) is 32.6 Å². The second kappa shape index (κ2) is 7.57. The highest BCUT2D eigenvalue weighted by atomic mass is 15.1. The van der Waals surface area contributed by atoms with Crippen LogP contribution < -0.4 is 9.88 Å². The van der Waals surface area contributed by atoms with Crippen molar-refractivity contribution in [3.8, 4) is 0 Å². The molecule has 4 aromatic rings. The van der Waals surface area contributed by atoms with E-state index in [9.17, 15) is 0 Å². The van der Waals surface area contributed by atoms with Crippen LogP contribution in [0.1, 0.15) is 20.3 Å². The molecule has 0 unspecified atom stereocenters. The van der Waals surface area contributed by atoms with Crippen LogP contribution in [0.2, 0.25) is 0 Å². The maximum Gasteiger partial charge on any atom is 0.214 e. The minimum absolute atomic E-state index is 1.00. The Hall–Kier alpha value is -2.59. The lowest BCUT2D eigenvalue weighted by Crippen LogP contribution is -2.28. The van der Waals surface area contributed by atoms with Gasteiger partial charge in [-0.25, -0.2) is 4.57 Å². The molecule has 2 heterocycles. The van der Waals surface area contributed by atoms with Crippen molar-refractivity contribution in [2.75, 3.05) is 31.5 Å². The average molecular weight is 362 g/mol. The van der Waals surface area contributed by atoms with Crippen LogP contribution in [0.4, 0.5) is 5.69 Å². The van der Waals surface area contributed by atoms with Gasteiger partial charge in [-0.2, -0.15) is 0 Å². The van der Waals surface area contributed by atoms with Crippen LogP contribution in [0.15, 0.2) is 48.7 Å². The molecule has 0 spiro atoms. The highest BCUT2D eigenvalue weighted by Crippen LogP contribution is 2.30. The number of pyridine rings is 1. The summed E-state index contributed by atoms with van der Waals surface area (Å²) in [6.07, 6.45) is 3.39. The first-order chi connectivity index (χ1) is 13.2. The van der Waals surface area contributed by atoms with Crippen molar-refractivity contribution in [3.63, 3.8) is 0 Å². The lowest BCUT2D eigenvalue weighted by Gasteiger charge is -2.17. The second-order valence-corrected chi connectivity index (χ2v) is 7.24. The molecule has 0 bridgehead atoms. The second-order valence-electron chi connectivity index (χ2n) is 7.24. The summed E-state index contributed by atoms with van der Waals surface area (Å²) in [6.45, 7) is 8.86. The fourth-order valence-corrected chi connectivity index (χ4v) is 4.01. The number of aromatic nitrogens is 2. The number of H-pyrrole nitrogens is 1. The molecule has 0 atom stereocenters. The number of aryl methyl sites for hydroxylation is 1. The third-order valence-electron chi connectivity index (χ3n) is 5.59. The summed E-state index contributed by atoms with van der Waals surface area (Å²) < 4.78 is 2.21. The van der Waals surface area contributed by atoms with Gasteiger partial charge < -0.3 is 15.2 Å². The quantitative estimate of drug-likeness (QED) is 0.377. The molecule has 0 amide bonds. The SMILES string of the molecule is CCN(CC)CCCNc1ccc2c(c1)[nH]c1c2c[n+](C)c2ccccc12. The zero-order valence-electron chi connectivity index (χ0n) is 16.5. The predicted octanol–water partition coefficient (Wildman–Crippen LogP) is 4.44. The summed E-state index contributed by atoms with van der Waals surface area (Å²) in [7, 11) is 2.12. The van der Waals surface area contributed by atoms with Crippen molar-refractivity contribution < 1.29 is 4.57 Å². The third kappa shape index (κ3) is 3.37. The molecule has 27 heavy (non-hydrogen) atoms. The highest BCUT2D eigenvalue weighted by molar-refractivity contribution is 6.15. The Bertz CT molecular complexity index is 1080. The molecular weight excluding hydrogens is 332 g/mol. The largest absolute Gasteiger partial charge is 0.385 e. The van der Waals surface area contributed by atoms with Crippen LogP contribution in [0.3, 0.4) is 0 Å². The zero-order valence-corrected chi connectivity index (χ0v) is 16.5. The lowest BCUT2D eigenvalue weighted by molar-refractivity contribution is -0.643. The van der Waals surface area contributed by atoms with Gasteiger partial charge in [-0.1, -0.05) is 26.0 Å². The molecule has 4 heteroatoms. The monoisotopic (exact) mass is 361 g/mol. The number of para-hydroxylation sites is 1. The number of nitrogens with one attached hydrogen (secondary N) is 2. The molecule has 140 valence electrons.